The molecule has 6 heteroatoms. The van der Waals surface area contributed by atoms with Crippen LogP contribution in [0.3, 0.4) is 0 Å². The molecule has 0 spiro atoms. The smallest absolute Gasteiger partial charge is 0.164 e. The Kier molecular flexibility index (Phi) is 9.10. The van der Waals surface area contributed by atoms with Gasteiger partial charge in [0.15, 0.2) is 34.9 Å². The van der Waals surface area contributed by atoms with Crippen LogP contribution in [0.1, 0.15) is 0 Å². The first kappa shape index (κ1) is 34.5. The zero-order valence-corrected chi connectivity index (χ0v) is 31.3. The molecule has 0 aliphatic carbocycles. The van der Waals surface area contributed by atoms with Crippen molar-refractivity contribution < 1.29 is 0 Å². The number of fused-ring (bicyclic) bond motifs is 1. The maximum Gasteiger partial charge on any atom is 0.164 e. The van der Waals surface area contributed by atoms with Crippen molar-refractivity contribution >= 4 is 10.8 Å². The van der Waals surface area contributed by atoms with E-state index in [4.69, 9.17) is 29.9 Å². The van der Waals surface area contributed by atoms with Gasteiger partial charge in [-0.1, -0.05) is 200 Å². The Morgan fingerprint density at radius 3 is 1.09 bits per heavy atom. The van der Waals surface area contributed by atoms with E-state index in [2.05, 4.69) is 78.9 Å². The molecule has 272 valence electrons. The first-order valence-electron chi connectivity index (χ1n) is 19.2. The number of hydrogen-bond donors (Lipinski definition) is 0. The molecule has 0 saturated heterocycles. The van der Waals surface area contributed by atoms with Gasteiger partial charge in [-0.25, -0.2) is 29.9 Å². The van der Waals surface area contributed by atoms with Crippen LogP contribution in [0.5, 0.6) is 0 Å². The van der Waals surface area contributed by atoms with Crippen LogP contribution < -0.4 is 0 Å². The number of hydrogen-bond acceptors (Lipinski definition) is 6. The highest BCUT2D eigenvalue weighted by Gasteiger charge is 2.20. The van der Waals surface area contributed by atoms with Gasteiger partial charge in [0.1, 0.15) is 0 Å². The third kappa shape index (κ3) is 6.80. The molecule has 0 N–H and O–H groups in total. The molecule has 0 aliphatic rings. The molecular formula is C52H34N6. The predicted octanol–water partition coefficient (Wildman–Crippen LogP) is 12.5. The lowest BCUT2D eigenvalue weighted by Crippen LogP contribution is -2.02. The van der Waals surface area contributed by atoms with Gasteiger partial charge in [-0.05, 0) is 39.1 Å². The summed E-state index contributed by atoms with van der Waals surface area (Å²) in [5.41, 5.74) is 9.60. The van der Waals surface area contributed by atoms with Gasteiger partial charge < -0.3 is 0 Å². The van der Waals surface area contributed by atoms with Crippen LogP contribution in [0.2, 0.25) is 0 Å². The summed E-state index contributed by atoms with van der Waals surface area (Å²) in [6.07, 6.45) is 0. The largest absolute Gasteiger partial charge is 0.208 e. The summed E-state index contributed by atoms with van der Waals surface area (Å²) >= 11 is 0. The Hall–Kier alpha value is -7.96. The van der Waals surface area contributed by atoms with E-state index < -0.39 is 0 Å². The highest BCUT2D eigenvalue weighted by Crippen LogP contribution is 2.42. The summed E-state index contributed by atoms with van der Waals surface area (Å²) in [4.78, 5) is 30.4. The van der Waals surface area contributed by atoms with Crippen molar-refractivity contribution in [1.82, 2.24) is 29.9 Å². The summed E-state index contributed by atoms with van der Waals surface area (Å²) in [7, 11) is 0. The van der Waals surface area contributed by atoms with Crippen LogP contribution in [-0.2, 0) is 0 Å². The van der Waals surface area contributed by atoms with Crippen LogP contribution in [-0.4, -0.2) is 29.9 Å². The Morgan fingerprint density at radius 2 is 0.569 bits per heavy atom. The van der Waals surface area contributed by atoms with Gasteiger partial charge in [-0.2, -0.15) is 0 Å². The maximum absolute atomic E-state index is 5.13. The van der Waals surface area contributed by atoms with E-state index in [1.807, 2.05) is 127 Å². The third-order valence-electron chi connectivity index (χ3n) is 10.2. The van der Waals surface area contributed by atoms with Crippen LogP contribution in [0.25, 0.3) is 101 Å². The topological polar surface area (TPSA) is 77.3 Å². The quantitative estimate of drug-likeness (QED) is 0.154. The van der Waals surface area contributed by atoms with Gasteiger partial charge in [0, 0.05) is 33.4 Å². The summed E-state index contributed by atoms with van der Waals surface area (Å²) in [6.45, 7) is 0. The van der Waals surface area contributed by atoms with Crippen molar-refractivity contribution in [2.45, 2.75) is 0 Å². The van der Waals surface area contributed by atoms with E-state index in [0.29, 0.717) is 34.9 Å². The van der Waals surface area contributed by atoms with E-state index in [1.54, 1.807) is 0 Å². The lowest BCUT2D eigenvalue weighted by molar-refractivity contribution is 1.07. The van der Waals surface area contributed by atoms with Gasteiger partial charge in [-0.15, -0.1) is 0 Å². The number of nitrogens with zero attached hydrogens (tertiary/aromatic N) is 6. The minimum absolute atomic E-state index is 0.589. The van der Waals surface area contributed by atoms with E-state index in [9.17, 15) is 0 Å². The van der Waals surface area contributed by atoms with Gasteiger partial charge in [-0.3, -0.25) is 0 Å². The van der Waals surface area contributed by atoms with Crippen molar-refractivity contribution in [3.8, 4) is 90.6 Å². The second-order valence-electron chi connectivity index (χ2n) is 13.9. The number of aromatic nitrogens is 6. The summed E-state index contributed by atoms with van der Waals surface area (Å²) < 4.78 is 0. The van der Waals surface area contributed by atoms with Crippen molar-refractivity contribution in [3.63, 3.8) is 0 Å². The Bertz CT molecular complexity index is 2920. The van der Waals surface area contributed by atoms with Crippen molar-refractivity contribution in [1.29, 1.82) is 0 Å². The normalized spacial score (nSPS) is 11.1. The van der Waals surface area contributed by atoms with Crippen LogP contribution in [0, 0.1) is 0 Å². The fourth-order valence-electron chi connectivity index (χ4n) is 7.38. The molecule has 0 fully saturated rings. The zero-order valence-electron chi connectivity index (χ0n) is 31.3. The second kappa shape index (κ2) is 15.3. The average Bonchev–Trinajstić information content (AvgIpc) is 3.32. The molecule has 0 saturated carbocycles. The molecule has 0 aliphatic heterocycles. The monoisotopic (exact) mass is 742 g/mol. The SMILES string of the molecule is c1ccc(-c2nc(-c3ccccc3)nc(-c3ccc(-c4ccccc4-c4nc(-c5ccccc5)nc(-c5ccccc5)n4)c(-c4cccc5ccccc45)c3)n2)cc1. The van der Waals surface area contributed by atoms with E-state index in [-0.39, 0.29) is 0 Å². The molecule has 8 aromatic carbocycles. The fourth-order valence-corrected chi connectivity index (χ4v) is 7.38. The molecule has 2 aromatic heterocycles. The lowest BCUT2D eigenvalue weighted by Gasteiger charge is -2.17. The Morgan fingerprint density at radius 1 is 0.207 bits per heavy atom. The molecule has 58 heavy (non-hydrogen) atoms. The summed E-state index contributed by atoms with van der Waals surface area (Å²) in [5.74, 6) is 3.64. The molecule has 0 unspecified atom stereocenters. The molecule has 0 amide bonds. The molecular weight excluding hydrogens is 709 g/mol. The molecule has 0 bridgehead atoms. The van der Waals surface area contributed by atoms with Crippen molar-refractivity contribution in [3.05, 3.63) is 206 Å². The number of rotatable bonds is 8. The van der Waals surface area contributed by atoms with Gasteiger partial charge in [0.2, 0.25) is 0 Å². The Labute approximate surface area is 336 Å². The lowest BCUT2D eigenvalue weighted by atomic mass is 9.88. The molecule has 10 aromatic rings. The standard InChI is InChI=1S/C52H34N6/c1-5-19-36(20-6-1)47-53-48(37-21-7-2-8-22-37)56-51(55-47)40-32-33-44(46(34-40)42-31-17-27-35-18-13-14-28-41(35)42)43-29-15-16-30-45(43)52-57-49(38-23-9-3-10-24-38)54-50(58-52)39-25-11-4-12-26-39/h1-34H. The molecule has 2 heterocycles. The zero-order chi connectivity index (χ0) is 38.7. The average molecular weight is 743 g/mol. The minimum Gasteiger partial charge on any atom is -0.208 e. The third-order valence-corrected chi connectivity index (χ3v) is 10.2. The van der Waals surface area contributed by atoms with Gasteiger partial charge >= 0.3 is 0 Å². The second-order valence-corrected chi connectivity index (χ2v) is 13.9. The molecule has 0 atom stereocenters. The molecule has 6 nitrogen and oxygen atoms in total. The van der Waals surface area contributed by atoms with Crippen LogP contribution >= 0.6 is 0 Å². The first-order chi connectivity index (χ1) is 28.7. The first-order valence-corrected chi connectivity index (χ1v) is 19.2. The van der Waals surface area contributed by atoms with Crippen molar-refractivity contribution in [2.24, 2.45) is 0 Å². The highest BCUT2D eigenvalue weighted by molar-refractivity contribution is 6.02. The van der Waals surface area contributed by atoms with E-state index >= 15 is 0 Å². The molecule has 0 radical (unpaired) electrons. The minimum atomic E-state index is 0.589. The van der Waals surface area contributed by atoms with E-state index in [0.717, 1.165) is 66.4 Å². The fraction of sp³-hybridized carbons (Fsp3) is 0. The van der Waals surface area contributed by atoms with Crippen molar-refractivity contribution in [2.75, 3.05) is 0 Å². The molecule has 10 rings (SSSR count). The van der Waals surface area contributed by atoms with E-state index in [1.165, 1.54) is 0 Å². The van der Waals surface area contributed by atoms with Gasteiger partial charge in [0.25, 0.3) is 0 Å². The maximum atomic E-state index is 5.13. The Balaban J connectivity index is 1.20. The van der Waals surface area contributed by atoms with Crippen LogP contribution in [0.15, 0.2) is 206 Å². The highest BCUT2D eigenvalue weighted by atomic mass is 15.0. The summed E-state index contributed by atoms with van der Waals surface area (Å²) in [6, 6.07) is 70.1. The summed E-state index contributed by atoms with van der Waals surface area (Å²) in [5, 5.41) is 2.30. The van der Waals surface area contributed by atoms with Gasteiger partial charge in [0.05, 0.1) is 0 Å². The predicted molar refractivity (Wildman–Crippen MR) is 234 cm³/mol. The van der Waals surface area contributed by atoms with Crippen LogP contribution in [0.4, 0.5) is 0 Å². The number of benzene rings is 8.